The van der Waals surface area contributed by atoms with Gasteiger partial charge in [-0.1, -0.05) is 24.3 Å². The highest BCUT2D eigenvalue weighted by Gasteiger charge is 2.25. The lowest BCUT2D eigenvalue weighted by molar-refractivity contribution is 0.100. The molecule has 5 heteroatoms. The van der Waals surface area contributed by atoms with Crippen LogP contribution in [0.5, 0.6) is 5.75 Å². The van der Waals surface area contributed by atoms with E-state index in [0.717, 1.165) is 37.5 Å². The van der Waals surface area contributed by atoms with Crippen LogP contribution in [-0.2, 0) is 6.54 Å². The zero-order valence-corrected chi connectivity index (χ0v) is 14.8. The number of amides is 1. The Bertz CT molecular complexity index is 730. The molecule has 2 N–H and O–H groups in total. The van der Waals surface area contributed by atoms with E-state index in [0.29, 0.717) is 5.56 Å². The van der Waals surface area contributed by atoms with Crippen LogP contribution in [-0.4, -0.2) is 43.6 Å². The Labute approximate surface area is 149 Å². The second kappa shape index (κ2) is 7.57. The molecule has 0 spiro atoms. The Balaban J connectivity index is 1.61. The van der Waals surface area contributed by atoms with Crippen LogP contribution < -0.4 is 15.4 Å². The Kier molecular flexibility index (Phi) is 5.24. The van der Waals surface area contributed by atoms with Gasteiger partial charge in [0.05, 0.1) is 12.2 Å². The molecule has 1 heterocycles. The lowest BCUT2D eigenvalue weighted by atomic mass is 10.1. The number of hydrogen-bond acceptors (Lipinski definition) is 4. The van der Waals surface area contributed by atoms with E-state index in [1.807, 2.05) is 30.3 Å². The minimum Gasteiger partial charge on any atom is -0.485 e. The smallest absolute Gasteiger partial charge is 0.248 e. The van der Waals surface area contributed by atoms with Gasteiger partial charge in [0.2, 0.25) is 5.91 Å². The Hall–Kier alpha value is -2.53. The minimum absolute atomic E-state index is 0.129. The number of rotatable bonds is 6. The Morgan fingerprint density at radius 1 is 1.24 bits per heavy atom. The van der Waals surface area contributed by atoms with Crippen molar-refractivity contribution in [1.82, 2.24) is 4.90 Å². The molecule has 3 rings (SSSR count). The van der Waals surface area contributed by atoms with Gasteiger partial charge >= 0.3 is 0 Å². The van der Waals surface area contributed by atoms with Gasteiger partial charge in [-0.3, -0.25) is 9.69 Å². The number of benzene rings is 2. The van der Waals surface area contributed by atoms with Gasteiger partial charge in [-0.05, 0) is 43.8 Å². The molecule has 0 radical (unpaired) electrons. The first-order valence-corrected chi connectivity index (χ1v) is 8.64. The molecule has 1 aliphatic rings. The number of hydrogen-bond donors (Lipinski definition) is 1. The zero-order chi connectivity index (χ0) is 17.8. The maximum absolute atomic E-state index is 11.1. The fraction of sp³-hybridized carbons (Fsp3) is 0.350. The average molecular weight is 339 g/mol. The molecule has 1 unspecified atom stereocenters. The minimum atomic E-state index is -0.395. The van der Waals surface area contributed by atoms with Crippen molar-refractivity contribution in [2.75, 3.05) is 31.6 Å². The first kappa shape index (κ1) is 17.3. The Morgan fingerprint density at radius 3 is 2.64 bits per heavy atom. The molecule has 2 aromatic rings. The van der Waals surface area contributed by atoms with Crippen molar-refractivity contribution in [3.05, 3.63) is 59.7 Å². The summed E-state index contributed by atoms with van der Waals surface area (Å²) in [5, 5.41) is 0. The summed E-state index contributed by atoms with van der Waals surface area (Å²) in [5.41, 5.74) is 8.14. The number of ether oxygens (including phenoxy) is 1. The lowest BCUT2D eigenvalue weighted by Crippen LogP contribution is -2.45. The van der Waals surface area contributed by atoms with E-state index in [4.69, 9.17) is 10.5 Å². The maximum atomic E-state index is 11.1. The number of nitrogens with two attached hydrogens (primary N) is 1. The summed E-state index contributed by atoms with van der Waals surface area (Å²) in [5.74, 6) is 0.564. The SMILES string of the molecule is CCN1CC(CN(C)Cc2ccc(C(N)=O)cc2)Oc2ccccc21. The molecule has 5 nitrogen and oxygen atoms in total. The van der Waals surface area contributed by atoms with E-state index in [1.165, 1.54) is 5.69 Å². The fourth-order valence-corrected chi connectivity index (χ4v) is 3.27. The number of likely N-dealkylation sites (N-methyl/N-ethyl adjacent to an activating group) is 2. The van der Waals surface area contributed by atoms with Gasteiger partial charge in [0, 0.05) is 25.2 Å². The highest BCUT2D eigenvalue weighted by Crippen LogP contribution is 2.32. The van der Waals surface area contributed by atoms with E-state index >= 15 is 0 Å². The number of anilines is 1. The maximum Gasteiger partial charge on any atom is 0.248 e. The van der Waals surface area contributed by atoms with Crippen LogP contribution in [0.3, 0.4) is 0 Å². The van der Waals surface area contributed by atoms with Crippen molar-refractivity contribution in [3.8, 4) is 5.75 Å². The average Bonchev–Trinajstić information content (AvgIpc) is 2.61. The summed E-state index contributed by atoms with van der Waals surface area (Å²) in [6, 6.07) is 15.7. The van der Waals surface area contributed by atoms with Gasteiger partial charge in [-0.15, -0.1) is 0 Å². The standard InChI is InChI=1S/C20H25N3O2/c1-3-23-14-17(25-19-7-5-4-6-18(19)23)13-22(2)12-15-8-10-16(11-9-15)20(21)24/h4-11,17H,3,12-14H2,1-2H3,(H2,21,24). The highest BCUT2D eigenvalue weighted by molar-refractivity contribution is 5.92. The number of fused-ring (bicyclic) bond motifs is 1. The largest absolute Gasteiger partial charge is 0.485 e. The third kappa shape index (κ3) is 4.12. The normalized spacial score (nSPS) is 16.4. The molecular weight excluding hydrogens is 314 g/mol. The van der Waals surface area contributed by atoms with Crippen LogP contribution in [0.1, 0.15) is 22.8 Å². The number of carbonyl (C=O) groups excluding carboxylic acids is 1. The predicted molar refractivity (Wildman–Crippen MR) is 100 cm³/mol. The molecule has 132 valence electrons. The van der Waals surface area contributed by atoms with Crippen LogP contribution in [0.25, 0.3) is 0 Å². The molecule has 0 bridgehead atoms. The van der Waals surface area contributed by atoms with Crippen LogP contribution in [0.2, 0.25) is 0 Å². The second-order valence-corrected chi connectivity index (χ2v) is 6.50. The fourth-order valence-electron chi connectivity index (χ4n) is 3.27. The summed E-state index contributed by atoms with van der Waals surface area (Å²) in [6.45, 7) is 5.66. The first-order valence-electron chi connectivity index (χ1n) is 8.64. The van der Waals surface area contributed by atoms with Crippen LogP contribution in [0.15, 0.2) is 48.5 Å². The Morgan fingerprint density at radius 2 is 1.96 bits per heavy atom. The predicted octanol–water partition coefficient (Wildman–Crippen LogP) is 2.50. The number of nitrogens with zero attached hydrogens (tertiary/aromatic N) is 2. The van der Waals surface area contributed by atoms with E-state index in [2.05, 4.69) is 29.8 Å². The van der Waals surface area contributed by atoms with E-state index in [9.17, 15) is 4.79 Å². The van der Waals surface area contributed by atoms with Gasteiger partial charge < -0.3 is 15.4 Å². The van der Waals surface area contributed by atoms with Gasteiger partial charge in [0.15, 0.2) is 0 Å². The van der Waals surface area contributed by atoms with Crippen molar-refractivity contribution in [2.45, 2.75) is 19.6 Å². The van der Waals surface area contributed by atoms with Crippen LogP contribution in [0.4, 0.5) is 5.69 Å². The number of primary amides is 1. The molecule has 1 atom stereocenters. The van der Waals surface area contributed by atoms with E-state index < -0.39 is 5.91 Å². The van der Waals surface area contributed by atoms with Crippen molar-refractivity contribution in [1.29, 1.82) is 0 Å². The van der Waals surface area contributed by atoms with Gasteiger partial charge in [0.25, 0.3) is 0 Å². The van der Waals surface area contributed by atoms with Crippen LogP contribution in [0, 0.1) is 0 Å². The zero-order valence-electron chi connectivity index (χ0n) is 14.8. The van der Waals surface area contributed by atoms with E-state index in [1.54, 1.807) is 12.1 Å². The molecule has 0 saturated carbocycles. The highest BCUT2D eigenvalue weighted by atomic mass is 16.5. The third-order valence-corrected chi connectivity index (χ3v) is 4.51. The summed E-state index contributed by atoms with van der Waals surface area (Å²) < 4.78 is 6.18. The molecule has 0 aromatic heterocycles. The molecule has 0 aliphatic carbocycles. The van der Waals surface area contributed by atoms with Crippen molar-refractivity contribution >= 4 is 11.6 Å². The number of para-hydroxylation sites is 2. The summed E-state index contributed by atoms with van der Waals surface area (Å²) >= 11 is 0. The lowest BCUT2D eigenvalue weighted by Gasteiger charge is -2.37. The van der Waals surface area contributed by atoms with E-state index in [-0.39, 0.29) is 6.10 Å². The van der Waals surface area contributed by atoms with Crippen molar-refractivity contribution in [2.24, 2.45) is 5.73 Å². The van der Waals surface area contributed by atoms with Gasteiger partial charge in [-0.25, -0.2) is 0 Å². The third-order valence-electron chi connectivity index (χ3n) is 4.51. The summed E-state index contributed by atoms with van der Waals surface area (Å²) in [4.78, 5) is 15.7. The number of carbonyl (C=O) groups is 1. The van der Waals surface area contributed by atoms with Gasteiger partial charge in [-0.2, -0.15) is 0 Å². The quantitative estimate of drug-likeness (QED) is 0.878. The second-order valence-electron chi connectivity index (χ2n) is 6.50. The molecule has 1 aliphatic heterocycles. The monoisotopic (exact) mass is 339 g/mol. The molecular formula is C20H25N3O2. The molecule has 0 fully saturated rings. The molecule has 1 amide bonds. The first-order chi connectivity index (χ1) is 12.1. The molecule has 2 aromatic carbocycles. The molecule has 25 heavy (non-hydrogen) atoms. The van der Waals surface area contributed by atoms with Gasteiger partial charge in [0.1, 0.15) is 11.9 Å². The van der Waals surface area contributed by atoms with Crippen LogP contribution >= 0.6 is 0 Å². The molecule has 0 saturated heterocycles. The van der Waals surface area contributed by atoms with Crippen molar-refractivity contribution < 1.29 is 9.53 Å². The summed E-state index contributed by atoms with van der Waals surface area (Å²) in [6.07, 6.45) is 0.129. The summed E-state index contributed by atoms with van der Waals surface area (Å²) in [7, 11) is 2.09. The topological polar surface area (TPSA) is 58.8 Å². The van der Waals surface area contributed by atoms with Crippen molar-refractivity contribution in [3.63, 3.8) is 0 Å².